The molecule has 1 nitrogen and oxygen atoms in total. The molecule has 0 amide bonds. The number of benzene rings is 1. The summed E-state index contributed by atoms with van der Waals surface area (Å²) in [6.07, 6.45) is 2.03. The second-order valence-corrected chi connectivity index (χ2v) is 3.96. The average Bonchev–Trinajstić information content (AvgIpc) is 2.67. The van der Waals surface area contributed by atoms with Crippen molar-refractivity contribution >= 4 is 15.9 Å². The third kappa shape index (κ3) is 0.741. The maximum absolute atomic E-state index is 5.41. The number of hydrogen-bond donors (Lipinski definition) is 0. The first kappa shape index (κ1) is 6.21. The molecule has 11 heavy (non-hydrogen) atoms. The molecular weight excluding hydrogens is 204 g/mol. The highest BCUT2D eigenvalue weighted by molar-refractivity contribution is 9.10. The monoisotopic (exact) mass is 210 g/mol. The van der Waals surface area contributed by atoms with Crippen molar-refractivity contribution in [1.29, 1.82) is 0 Å². The number of fused-ring (bicyclic) bond motifs is 3. The molecule has 0 N–H and O–H groups in total. The van der Waals surface area contributed by atoms with Crippen LogP contribution < -0.4 is 0 Å². The quantitative estimate of drug-likeness (QED) is 0.600. The molecule has 2 heteroatoms. The predicted octanol–water partition coefficient (Wildman–Crippen LogP) is 2.45. The van der Waals surface area contributed by atoms with Gasteiger partial charge in [0.15, 0.2) is 0 Å². The number of rotatable bonds is 0. The molecule has 1 heterocycles. The van der Waals surface area contributed by atoms with E-state index in [9.17, 15) is 0 Å². The van der Waals surface area contributed by atoms with E-state index in [1.807, 2.05) is 0 Å². The van der Waals surface area contributed by atoms with Crippen LogP contribution in [-0.4, -0.2) is 6.10 Å². The van der Waals surface area contributed by atoms with E-state index in [4.69, 9.17) is 4.74 Å². The SMILES string of the molecule is Brc1cccc2c1C[C@H]1O[C@@H]21. The number of epoxide rings is 1. The smallest absolute Gasteiger partial charge is 0.110 e. The van der Waals surface area contributed by atoms with Crippen molar-refractivity contribution < 1.29 is 4.74 Å². The first-order valence-corrected chi connectivity index (χ1v) is 4.58. The molecule has 1 aromatic rings. The third-order valence-electron chi connectivity index (χ3n) is 2.45. The van der Waals surface area contributed by atoms with Gasteiger partial charge >= 0.3 is 0 Å². The van der Waals surface area contributed by atoms with Crippen LogP contribution in [0, 0.1) is 0 Å². The second-order valence-electron chi connectivity index (χ2n) is 3.11. The van der Waals surface area contributed by atoms with E-state index in [-0.39, 0.29) is 0 Å². The van der Waals surface area contributed by atoms with Crippen LogP contribution in [-0.2, 0) is 11.2 Å². The Morgan fingerprint density at radius 3 is 3.18 bits per heavy atom. The molecule has 0 unspecified atom stereocenters. The zero-order chi connectivity index (χ0) is 7.42. The first-order chi connectivity index (χ1) is 5.36. The summed E-state index contributed by atoms with van der Waals surface area (Å²) in [6, 6.07) is 6.34. The van der Waals surface area contributed by atoms with Gasteiger partial charge in [0.1, 0.15) is 6.10 Å². The van der Waals surface area contributed by atoms with Gasteiger partial charge in [0.25, 0.3) is 0 Å². The minimum atomic E-state index is 0.433. The van der Waals surface area contributed by atoms with Crippen LogP contribution in [0.4, 0.5) is 0 Å². The lowest BCUT2D eigenvalue weighted by Crippen LogP contribution is -1.89. The Hall–Kier alpha value is -0.340. The van der Waals surface area contributed by atoms with Gasteiger partial charge in [-0.15, -0.1) is 0 Å². The number of hydrogen-bond acceptors (Lipinski definition) is 1. The molecule has 0 aromatic heterocycles. The van der Waals surface area contributed by atoms with Crippen LogP contribution in [0.15, 0.2) is 22.7 Å². The summed E-state index contributed by atoms with van der Waals surface area (Å²) in [5.41, 5.74) is 2.85. The van der Waals surface area contributed by atoms with Gasteiger partial charge in [0.2, 0.25) is 0 Å². The Balaban J connectivity index is 2.24. The summed E-state index contributed by atoms with van der Waals surface area (Å²) < 4.78 is 6.65. The molecule has 0 saturated carbocycles. The van der Waals surface area contributed by atoms with E-state index in [1.165, 1.54) is 15.6 Å². The largest absolute Gasteiger partial charge is 0.364 e. The molecule has 56 valence electrons. The highest BCUT2D eigenvalue weighted by atomic mass is 79.9. The molecule has 1 fully saturated rings. The molecule has 0 radical (unpaired) electrons. The van der Waals surface area contributed by atoms with Crippen LogP contribution in [0.3, 0.4) is 0 Å². The second kappa shape index (κ2) is 1.87. The molecule has 2 atom stereocenters. The lowest BCUT2D eigenvalue weighted by Gasteiger charge is -2.02. The van der Waals surface area contributed by atoms with Crippen molar-refractivity contribution in [2.24, 2.45) is 0 Å². The summed E-state index contributed by atoms with van der Waals surface area (Å²) in [5, 5.41) is 0. The summed E-state index contributed by atoms with van der Waals surface area (Å²) in [7, 11) is 0. The fourth-order valence-corrected chi connectivity index (χ4v) is 2.37. The third-order valence-corrected chi connectivity index (χ3v) is 3.19. The van der Waals surface area contributed by atoms with E-state index < -0.39 is 0 Å². The highest BCUT2D eigenvalue weighted by Crippen LogP contribution is 2.50. The summed E-state index contributed by atoms with van der Waals surface area (Å²) in [5.74, 6) is 0. The lowest BCUT2D eigenvalue weighted by molar-refractivity contribution is 0.360. The van der Waals surface area contributed by atoms with Crippen LogP contribution in [0.25, 0.3) is 0 Å². The molecule has 1 saturated heterocycles. The Kier molecular flexibility index (Phi) is 1.06. The summed E-state index contributed by atoms with van der Waals surface area (Å²) in [6.45, 7) is 0. The zero-order valence-electron chi connectivity index (χ0n) is 5.88. The minimum Gasteiger partial charge on any atom is -0.364 e. The standard InChI is InChI=1S/C9H7BrO/c10-7-3-1-2-5-6(7)4-8-9(5)11-8/h1-3,8-9H,4H2/t8-,9+/m1/s1. The Morgan fingerprint density at radius 2 is 2.36 bits per heavy atom. The molecule has 3 rings (SSSR count). The van der Waals surface area contributed by atoms with Gasteiger partial charge in [0, 0.05) is 10.9 Å². The van der Waals surface area contributed by atoms with Crippen molar-refractivity contribution in [1.82, 2.24) is 0 Å². The van der Waals surface area contributed by atoms with Crippen molar-refractivity contribution in [3.8, 4) is 0 Å². The fourth-order valence-electron chi connectivity index (χ4n) is 1.83. The lowest BCUT2D eigenvalue weighted by atomic mass is 10.1. The van der Waals surface area contributed by atoms with E-state index in [0.717, 1.165) is 6.42 Å². The average molecular weight is 211 g/mol. The zero-order valence-corrected chi connectivity index (χ0v) is 7.47. The normalized spacial score (nSPS) is 31.4. The van der Waals surface area contributed by atoms with Gasteiger partial charge in [0.05, 0.1) is 6.10 Å². The van der Waals surface area contributed by atoms with Gasteiger partial charge in [-0.3, -0.25) is 0 Å². The van der Waals surface area contributed by atoms with Crippen molar-refractivity contribution in [2.75, 3.05) is 0 Å². The summed E-state index contributed by atoms with van der Waals surface area (Å²) in [4.78, 5) is 0. The predicted molar refractivity (Wildman–Crippen MR) is 45.5 cm³/mol. The Labute approximate surface area is 73.5 Å². The van der Waals surface area contributed by atoms with Crippen molar-refractivity contribution in [3.05, 3.63) is 33.8 Å². The maximum atomic E-state index is 5.41. The Bertz CT molecular complexity index is 321. The molecule has 1 aromatic carbocycles. The highest BCUT2D eigenvalue weighted by Gasteiger charge is 2.47. The molecule has 1 aliphatic heterocycles. The van der Waals surface area contributed by atoms with Crippen LogP contribution >= 0.6 is 15.9 Å². The van der Waals surface area contributed by atoms with Gasteiger partial charge in [-0.05, 0) is 17.2 Å². The van der Waals surface area contributed by atoms with E-state index >= 15 is 0 Å². The van der Waals surface area contributed by atoms with Gasteiger partial charge < -0.3 is 4.74 Å². The molecule has 2 aliphatic rings. The number of halogens is 1. The first-order valence-electron chi connectivity index (χ1n) is 3.79. The van der Waals surface area contributed by atoms with Crippen LogP contribution in [0.5, 0.6) is 0 Å². The number of ether oxygens (including phenoxy) is 1. The van der Waals surface area contributed by atoms with Gasteiger partial charge in [-0.1, -0.05) is 28.1 Å². The van der Waals surface area contributed by atoms with Gasteiger partial charge in [-0.25, -0.2) is 0 Å². The maximum Gasteiger partial charge on any atom is 0.110 e. The molecule has 1 aliphatic carbocycles. The Morgan fingerprint density at radius 1 is 1.45 bits per heavy atom. The van der Waals surface area contributed by atoms with Crippen LogP contribution in [0.1, 0.15) is 17.2 Å². The minimum absolute atomic E-state index is 0.433. The van der Waals surface area contributed by atoms with E-state index in [0.29, 0.717) is 12.2 Å². The van der Waals surface area contributed by atoms with Gasteiger partial charge in [-0.2, -0.15) is 0 Å². The fraction of sp³-hybridized carbons (Fsp3) is 0.333. The van der Waals surface area contributed by atoms with Crippen molar-refractivity contribution in [2.45, 2.75) is 18.6 Å². The van der Waals surface area contributed by atoms with E-state index in [1.54, 1.807) is 0 Å². The van der Waals surface area contributed by atoms with E-state index in [2.05, 4.69) is 34.1 Å². The molecule has 0 spiro atoms. The molecular formula is C9H7BrO. The molecule has 0 bridgehead atoms. The topological polar surface area (TPSA) is 12.5 Å². The van der Waals surface area contributed by atoms with Crippen molar-refractivity contribution in [3.63, 3.8) is 0 Å². The van der Waals surface area contributed by atoms with Crippen LogP contribution in [0.2, 0.25) is 0 Å². The summed E-state index contributed by atoms with van der Waals surface area (Å²) >= 11 is 3.54.